The number of para-hydroxylation sites is 1. The minimum Gasteiger partial charge on any atom is -0.454 e. The number of hydrogen-bond donors (Lipinski definition) is 0. The number of fused-ring (bicyclic) bond motifs is 4. The van der Waals surface area contributed by atoms with Crippen LogP contribution in [0.25, 0.3) is 16.7 Å². The number of esters is 1. The summed E-state index contributed by atoms with van der Waals surface area (Å²) in [5.41, 5.74) is 1.45. The molecule has 1 aliphatic heterocycles. The highest BCUT2D eigenvalue weighted by Gasteiger charge is 2.36. The van der Waals surface area contributed by atoms with E-state index in [0.717, 1.165) is 4.90 Å². The number of hydrogen-bond acceptors (Lipinski definition) is 7. The summed E-state index contributed by atoms with van der Waals surface area (Å²) in [6, 6.07) is 19.7. The summed E-state index contributed by atoms with van der Waals surface area (Å²) in [5.74, 6) is -0.916. The molecule has 10 nitrogen and oxygen atoms in total. The Kier molecular flexibility index (Phi) is 4.75. The fourth-order valence-electron chi connectivity index (χ4n) is 4.39. The van der Waals surface area contributed by atoms with E-state index in [4.69, 9.17) is 4.74 Å². The van der Waals surface area contributed by atoms with Crippen LogP contribution >= 0.6 is 0 Å². The lowest BCUT2D eigenvalue weighted by Gasteiger charge is -2.14. The van der Waals surface area contributed by atoms with Crippen molar-refractivity contribution in [2.45, 2.75) is 6.61 Å². The van der Waals surface area contributed by atoms with Gasteiger partial charge in [-0.2, -0.15) is 0 Å². The topological polar surface area (TPSA) is 116 Å². The van der Waals surface area contributed by atoms with Crippen molar-refractivity contribution in [2.24, 2.45) is 7.05 Å². The maximum absolute atomic E-state index is 12.9. The van der Waals surface area contributed by atoms with Gasteiger partial charge in [0, 0.05) is 7.05 Å². The summed E-state index contributed by atoms with van der Waals surface area (Å²) in [6.07, 6.45) is 0. The minimum absolute atomic E-state index is 0.162. The summed E-state index contributed by atoms with van der Waals surface area (Å²) >= 11 is 0. The lowest BCUT2D eigenvalue weighted by atomic mass is 10.1. The zero-order valence-electron chi connectivity index (χ0n) is 18.9. The lowest BCUT2D eigenvalue weighted by Crippen LogP contribution is -2.29. The standard InChI is InChI=1S/C26H17N5O5/c1-29-22(32)19-11-4-5-12-20(19)31-21(27-28-26(29)31)14-36-25(35)15-7-6-8-16(13-15)30-23(33)17-9-2-3-10-18(17)24(30)34/h2-13H,14H2,1H3. The van der Waals surface area contributed by atoms with E-state index in [1.54, 1.807) is 72.1 Å². The average Bonchev–Trinajstić information content (AvgIpc) is 3.45. The van der Waals surface area contributed by atoms with Crippen molar-refractivity contribution in [2.75, 3.05) is 4.90 Å². The van der Waals surface area contributed by atoms with Gasteiger partial charge < -0.3 is 4.74 Å². The maximum Gasteiger partial charge on any atom is 0.338 e. The highest BCUT2D eigenvalue weighted by molar-refractivity contribution is 6.34. The van der Waals surface area contributed by atoms with Crippen molar-refractivity contribution in [1.82, 2.24) is 19.2 Å². The molecule has 10 heteroatoms. The molecule has 0 bridgehead atoms. The Morgan fingerprint density at radius 3 is 2.31 bits per heavy atom. The molecule has 0 saturated heterocycles. The molecular weight excluding hydrogens is 462 g/mol. The summed E-state index contributed by atoms with van der Waals surface area (Å²) in [5, 5.41) is 8.68. The minimum atomic E-state index is -0.667. The molecule has 3 heterocycles. The monoisotopic (exact) mass is 479 g/mol. The molecule has 6 rings (SSSR count). The first-order valence-electron chi connectivity index (χ1n) is 11.0. The van der Waals surface area contributed by atoms with E-state index in [9.17, 15) is 19.2 Å². The van der Waals surface area contributed by atoms with E-state index in [2.05, 4.69) is 10.2 Å². The molecule has 36 heavy (non-hydrogen) atoms. The quantitative estimate of drug-likeness (QED) is 0.287. The van der Waals surface area contributed by atoms with Crippen molar-refractivity contribution < 1.29 is 19.1 Å². The SMILES string of the molecule is Cn1c(=O)c2ccccc2n2c(COC(=O)c3cccc(N4C(=O)c5ccccc5C4=O)c3)nnc12. The Labute approximate surface area is 203 Å². The van der Waals surface area contributed by atoms with Gasteiger partial charge in [0.1, 0.15) is 0 Å². The molecule has 176 valence electrons. The average molecular weight is 479 g/mol. The third-order valence-corrected chi connectivity index (χ3v) is 6.16. The first kappa shape index (κ1) is 21.4. The van der Waals surface area contributed by atoms with E-state index in [0.29, 0.717) is 33.6 Å². The molecule has 0 fully saturated rings. The highest BCUT2D eigenvalue weighted by Crippen LogP contribution is 2.29. The number of benzene rings is 3. The van der Waals surface area contributed by atoms with Gasteiger partial charge in [-0.1, -0.05) is 30.3 Å². The van der Waals surface area contributed by atoms with E-state index in [1.807, 2.05) is 0 Å². The Morgan fingerprint density at radius 1 is 0.861 bits per heavy atom. The first-order chi connectivity index (χ1) is 17.5. The van der Waals surface area contributed by atoms with E-state index in [1.165, 1.54) is 16.7 Å². The van der Waals surface area contributed by atoms with Crippen LogP contribution in [0.1, 0.15) is 36.9 Å². The normalized spacial score (nSPS) is 13.0. The van der Waals surface area contributed by atoms with Gasteiger partial charge in [0.15, 0.2) is 12.4 Å². The number of carbonyl (C=O) groups excluding carboxylic acids is 3. The number of anilines is 1. The molecule has 0 saturated carbocycles. The Balaban J connectivity index is 1.29. The number of aromatic nitrogens is 4. The van der Waals surface area contributed by atoms with Crippen LogP contribution in [-0.4, -0.2) is 36.9 Å². The number of nitrogens with zero attached hydrogens (tertiary/aromatic N) is 5. The molecule has 3 aromatic carbocycles. The molecule has 2 amide bonds. The van der Waals surface area contributed by atoms with Gasteiger partial charge in [0.05, 0.1) is 33.3 Å². The van der Waals surface area contributed by atoms with Crippen LogP contribution in [0.2, 0.25) is 0 Å². The number of imide groups is 1. The van der Waals surface area contributed by atoms with Crippen molar-refractivity contribution in [3.8, 4) is 0 Å². The molecule has 5 aromatic rings. The van der Waals surface area contributed by atoms with Gasteiger partial charge in [-0.3, -0.25) is 23.4 Å². The van der Waals surface area contributed by atoms with Crippen LogP contribution in [0.3, 0.4) is 0 Å². The van der Waals surface area contributed by atoms with Gasteiger partial charge in [-0.15, -0.1) is 10.2 Å². The molecule has 0 unspecified atom stereocenters. The molecular formula is C26H17N5O5. The second kappa shape index (κ2) is 7.98. The number of amides is 2. The summed E-state index contributed by atoms with van der Waals surface area (Å²) in [4.78, 5) is 52.1. The van der Waals surface area contributed by atoms with Gasteiger partial charge in [0.25, 0.3) is 17.4 Å². The third kappa shape index (κ3) is 3.12. The largest absolute Gasteiger partial charge is 0.454 e. The van der Waals surface area contributed by atoms with Crippen LogP contribution in [0.5, 0.6) is 0 Å². The number of aryl methyl sites for hydroxylation is 1. The van der Waals surface area contributed by atoms with Crippen molar-refractivity contribution >= 4 is 40.2 Å². The fourth-order valence-corrected chi connectivity index (χ4v) is 4.39. The highest BCUT2D eigenvalue weighted by atomic mass is 16.5. The van der Waals surface area contributed by atoms with Crippen molar-refractivity contribution in [3.63, 3.8) is 0 Å². The van der Waals surface area contributed by atoms with Gasteiger partial charge in [0.2, 0.25) is 5.78 Å². The van der Waals surface area contributed by atoms with Crippen LogP contribution in [0, 0.1) is 0 Å². The van der Waals surface area contributed by atoms with E-state index < -0.39 is 17.8 Å². The maximum atomic E-state index is 12.9. The first-order valence-corrected chi connectivity index (χ1v) is 11.0. The third-order valence-electron chi connectivity index (χ3n) is 6.16. The lowest BCUT2D eigenvalue weighted by molar-refractivity contribution is 0.0461. The summed E-state index contributed by atoms with van der Waals surface area (Å²) < 4.78 is 8.54. The van der Waals surface area contributed by atoms with Crippen LogP contribution in [0.15, 0.2) is 77.6 Å². The second-order valence-corrected chi connectivity index (χ2v) is 8.25. The van der Waals surface area contributed by atoms with Gasteiger partial charge >= 0.3 is 5.97 Å². The number of rotatable bonds is 4. The Hall–Kier alpha value is -5.12. The summed E-state index contributed by atoms with van der Waals surface area (Å²) in [7, 11) is 1.60. The molecule has 0 aliphatic carbocycles. The van der Waals surface area contributed by atoms with Crippen LogP contribution in [-0.2, 0) is 18.4 Å². The zero-order chi connectivity index (χ0) is 25.0. The number of ether oxygens (including phenoxy) is 1. The molecule has 0 spiro atoms. The van der Waals surface area contributed by atoms with E-state index in [-0.39, 0.29) is 23.4 Å². The fraction of sp³-hybridized carbons (Fsp3) is 0.0769. The smallest absolute Gasteiger partial charge is 0.338 e. The van der Waals surface area contributed by atoms with Crippen molar-refractivity contribution in [1.29, 1.82) is 0 Å². The zero-order valence-corrected chi connectivity index (χ0v) is 18.9. The van der Waals surface area contributed by atoms with Crippen LogP contribution in [0.4, 0.5) is 5.69 Å². The number of carbonyl (C=O) groups is 3. The predicted molar refractivity (Wildman–Crippen MR) is 129 cm³/mol. The summed E-state index contributed by atoms with van der Waals surface area (Å²) in [6.45, 7) is -0.209. The molecule has 0 radical (unpaired) electrons. The predicted octanol–water partition coefficient (Wildman–Crippen LogP) is 2.74. The van der Waals surface area contributed by atoms with Crippen LogP contribution < -0.4 is 10.5 Å². The molecule has 0 N–H and O–H groups in total. The molecule has 1 aliphatic rings. The van der Waals surface area contributed by atoms with Crippen molar-refractivity contribution in [3.05, 3.63) is 106 Å². The molecule has 0 atom stereocenters. The Morgan fingerprint density at radius 2 is 1.56 bits per heavy atom. The van der Waals surface area contributed by atoms with Gasteiger partial charge in [-0.25, -0.2) is 9.69 Å². The molecule has 2 aromatic heterocycles. The van der Waals surface area contributed by atoms with Gasteiger partial charge in [-0.05, 0) is 42.5 Å². The Bertz CT molecular complexity index is 1770. The second-order valence-electron chi connectivity index (χ2n) is 8.25. The van der Waals surface area contributed by atoms with E-state index >= 15 is 0 Å².